The average Bonchev–Trinajstić information content (AvgIpc) is 3.10. The van der Waals surface area contributed by atoms with Gasteiger partial charge in [-0.1, -0.05) is 30.3 Å². The highest BCUT2D eigenvalue weighted by Gasteiger charge is 2.30. The molecule has 0 bridgehead atoms. The highest BCUT2D eigenvalue weighted by Crippen LogP contribution is 2.36. The number of ether oxygens (including phenoxy) is 2. The first-order valence-electron chi connectivity index (χ1n) is 9.64. The molecule has 1 aromatic carbocycles. The predicted octanol–water partition coefficient (Wildman–Crippen LogP) is 3.81. The molecular formula is C22H24N2O4. The molecule has 3 rings (SSSR count). The van der Waals surface area contributed by atoms with Gasteiger partial charge in [-0.25, -0.2) is 4.79 Å². The van der Waals surface area contributed by atoms with Crippen LogP contribution in [0.15, 0.2) is 30.3 Å². The number of benzene rings is 1. The number of aryl methyl sites for hydroxylation is 1. The quantitative estimate of drug-likeness (QED) is 0.738. The summed E-state index contributed by atoms with van der Waals surface area (Å²) in [6.07, 6.45) is 2.94. The van der Waals surface area contributed by atoms with E-state index in [4.69, 9.17) is 9.47 Å². The molecule has 1 aliphatic rings. The van der Waals surface area contributed by atoms with Crippen LogP contribution >= 0.6 is 0 Å². The number of carbonyl (C=O) groups excluding carboxylic acids is 2. The van der Waals surface area contributed by atoms with E-state index in [-0.39, 0.29) is 24.9 Å². The van der Waals surface area contributed by atoms with Crippen molar-refractivity contribution in [3.8, 4) is 6.07 Å². The Bertz CT molecular complexity index is 880. The fraction of sp³-hybridized carbons (Fsp3) is 0.409. The third-order valence-electron chi connectivity index (χ3n) is 4.95. The normalized spacial score (nSPS) is 15.4. The summed E-state index contributed by atoms with van der Waals surface area (Å²) in [5.41, 5.74) is 3.74. The van der Waals surface area contributed by atoms with Gasteiger partial charge in [0.25, 0.3) is 0 Å². The Labute approximate surface area is 164 Å². The monoisotopic (exact) mass is 380 g/mol. The summed E-state index contributed by atoms with van der Waals surface area (Å²) < 4.78 is 10.5. The zero-order valence-electron chi connectivity index (χ0n) is 16.0. The minimum Gasteiger partial charge on any atom is -0.466 e. The lowest BCUT2D eigenvalue weighted by atomic mass is 9.84. The Morgan fingerprint density at radius 3 is 2.75 bits per heavy atom. The number of aromatic amines is 1. The lowest BCUT2D eigenvalue weighted by molar-refractivity contribution is -0.143. The van der Waals surface area contributed by atoms with E-state index < -0.39 is 5.97 Å². The number of hydrogen-bond donors (Lipinski definition) is 1. The number of rotatable bonds is 7. The zero-order valence-corrected chi connectivity index (χ0v) is 16.0. The van der Waals surface area contributed by atoms with Crippen molar-refractivity contribution in [3.05, 3.63) is 58.4 Å². The molecule has 1 heterocycles. The molecule has 0 amide bonds. The maximum absolute atomic E-state index is 12.8. The molecular weight excluding hydrogens is 356 g/mol. The third-order valence-corrected chi connectivity index (χ3v) is 4.95. The van der Waals surface area contributed by atoms with Crippen molar-refractivity contribution >= 4 is 11.9 Å². The van der Waals surface area contributed by atoms with Gasteiger partial charge in [0.05, 0.1) is 18.6 Å². The van der Waals surface area contributed by atoms with Crippen molar-refractivity contribution in [3.63, 3.8) is 0 Å². The third kappa shape index (κ3) is 4.42. The van der Waals surface area contributed by atoms with E-state index in [0.29, 0.717) is 24.3 Å². The number of esters is 2. The first-order valence-corrected chi connectivity index (χ1v) is 9.64. The van der Waals surface area contributed by atoms with Crippen LogP contribution in [0.4, 0.5) is 0 Å². The van der Waals surface area contributed by atoms with E-state index in [0.717, 1.165) is 36.1 Å². The van der Waals surface area contributed by atoms with Gasteiger partial charge < -0.3 is 14.5 Å². The predicted molar refractivity (Wildman–Crippen MR) is 103 cm³/mol. The number of hydrogen-bond acceptors (Lipinski definition) is 5. The number of nitrogens with zero attached hydrogens (tertiary/aromatic N) is 1. The van der Waals surface area contributed by atoms with Gasteiger partial charge in [-0.05, 0) is 49.3 Å². The van der Waals surface area contributed by atoms with Crippen LogP contribution in [0, 0.1) is 11.3 Å². The second-order valence-electron chi connectivity index (χ2n) is 6.81. The zero-order chi connectivity index (χ0) is 19.9. The van der Waals surface area contributed by atoms with E-state index >= 15 is 0 Å². The number of fused-ring (bicyclic) bond motifs is 1. The molecule has 1 atom stereocenters. The number of nitriles is 1. The highest BCUT2D eigenvalue weighted by atomic mass is 16.5. The summed E-state index contributed by atoms with van der Waals surface area (Å²) in [6.45, 7) is 2.24. The molecule has 6 heteroatoms. The van der Waals surface area contributed by atoms with Crippen LogP contribution in [0.5, 0.6) is 0 Å². The number of carbonyl (C=O) groups is 2. The fourth-order valence-electron chi connectivity index (χ4n) is 3.67. The molecule has 1 aliphatic carbocycles. The molecule has 1 aromatic heterocycles. The topological polar surface area (TPSA) is 92.2 Å². The maximum atomic E-state index is 12.8. The van der Waals surface area contributed by atoms with Gasteiger partial charge in [0.15, 0.2) is 0 Å². The Balaban J connectivity index is 1.84. The number of aromatic nitrogens is 1. The number of nitrogens with one attached hydrogen (secondary N) is 1. The van der Waals surface area contributed by atoms with Gasteiger partial charge >= 0.3 is 11.9 Å². The van der Waals surface area contributed by atoms with E-state index in [1.54, 1.807) is 6.92 Å². The molecule has 0 radical (unpaired) electrons. The first-order chi connectivity index (χ1) is 13.6. The molecule has 0 spiro atoms. The number of H-pyrrole nitrogens is 1. The molecule has 1 N–H and O–H groups in total. The molecule has 28 heavy (non-hydrogen) atoms. The summed E-state index contributed by atoms with van der Waals surface area (Å²) in [7, 11) is 0. The van der Waals surface area contributed by atoms with E-state index in [1.807, 2.05) is 30.3 Å². The van der Waals surface area contributed by atoms with Crippen LogP contribution in [-0.4, -0.2) is 23.5 Å². The summed E-state index contributed by atoms with van der Waals surface area (Å²) in [5, 5.41) is 9.55. The van der Waals surface area contributed by atoms with Crippen molar-refractivity contribution in [2.45, 2.75) is 51.6 Å². The van der Waals surface area contributed by atoms with Gasteiger partial charge in [0.2, 0.25) is 0 Å². The fourth-order valence-corrected chi connectivity index (χ4v) is 3.67. The molecule has 0 saturated carbocycles. The van der Waals surface area contributed by atoms with Crippen LogP contribution in [0.1, 0.15) is 65.0 Å². The Kier molecular flexibility index (Phi) is 6.49. The van der Waals surface area contributed by atoms with Gasteiger partial charge in [-0.2, -0.15) is 5.26 Å². The first kappa shape index (κ1) is 19.7. The highest BCUT2D eigenvalue weighted by molar-refractivity contribution is 5.90. The molecule has 6 nitrogen and oxygen atoms in total. The van der Waals surface area contributed by atoms with Crippen LogP contribution < -0.4 is 0 Å². The van der Waals surface area contributed by atoms with Gasteiger partial charge in [0.1, 0.15) is 12.3 Å². The second-order valence-corrected chi connectivity index (χ2v) is 6.81. The molecule has 0 fully saturated rings. The van der Waals surface area contributed by atoms with Crippen molar-refractivity contribution in [1.29, 1.82) is 5.26 Å². The van der Waals surface area contributed by atoms with E-state index in [2.05, 4.69) is 11.1 Å². The summed E-state index contributed by atoms with van der Waals surface area (Å²) in [5.74, 6) is -1.05. The Morgan fingerprint density at radius 1 is 1.25 bits per heavy atom. The Morgan fingerprint density at radius 2 is 2.04 bits per heavy atom. The molecule has 0 saturated heterocycles. The Hall–Kier alpha value is -3.07. The van der Waals surface area contributed by atoms with Crippen LogP contribution in [0.25, 0.3) is 0 Å². The maximum Gasteiger partial charge on any atom is 0.355 e. The van der Waals surface area contributed by atoms with Crippen molar-refractivity contribution in [1.82, 2.24) is 4.98 Å². The van der Waals surface area contributed by atoms with Crippen LogP contribution in [0.3, 0.4) is 0 Å². The lowest BCUT2D eigenvalue weighted by Gasteiger charge is -2.18. The van der Waals surface area contributed by atoms with Gasteiger partial charge in [-0.15, -0.1) is 0 Å². The van der Waals surface area contributed by atoms with Gasteiger partial charge in [-0.3, -0.25) is 4.79 Å². The van der Waals surface area contributed by atoms with Crippen molar-refractivity contribution in [2.24, 2.45) is 0 Å². The largest absolute Gasteiger partial charge is 0.466 e. The lowest BCUT2D eigenvalue weighted by Crippen LogP contribution is -2.12. The molecule has 146 valence electrons. The smallest absolute Gasteiger partial charge is 0.355 e. The van der Waals surface area contributed by atoms with Crippen molar-refractivity contribution in [2.75, 3.05) is 6.61 Å². The van der Waals surface area contributed by atoms with Crippen LogP contribution in [0.2, 0.25) is 0 Å². The molecule has 1 unspecified atom stereocenters. The summed E-state index contributed by atoms with van der Waals surface area (Å²) in [4.78, 5) is 27.8. The summed E-state index contributed by atoms with van der Waals surface area (Å²) in [6, 6.07) is 11.8. The summed E-state index contributed by atoms with van der Waals surface area (Å²) >= 11 is 0. The second kappa shape index (κ2) is 9.23. The minimum absolute atomic E-state index is 0.162. The average molecular weight is 380 g/mol. The standard InChI is InChI=1S/C22H24N2O4/c1-2-27-19(25)12-11-17-20-16(13-23)9-6-10-18(20)24-21(17)22(26)28-14-15-7-4-3-5-8-15/h3-5,7-8,16,24H,2,6,9-12,14H2,1H3. The van der Waals surface area contributed by atoms with Crippen LogP contribution in [-0.2, 0) is 33.7 Å². The molecule has 2 aromatic rings. The van der Waals surface area contributed by atoms with E-state index in [9.17, 15) is 14.9 Å². The van der Waals surface area contributed by atoms with Gasteiger partial charge in [0, 0.05) is 12.1 Å². The SMILES string of the molecule is CCOC(=O)CCc1c(C(=O)OCc2ccccc2)[nH]c2c1C(C#N)CCC2. The minimum atomic E-state index is -0.464. The molecule has 0 aliphatic heterocycles. The van der Waals surface area contributed by atoms with E-state index in [1.165, 1.54) is 0 Å². The van der Waals surface area contributed by atoms with Crippen molar-refractivity contribution < 1.29 is 19.1 Å².